The number of thioether (sulfide) groups is 1. The second kappa shape index (κ2) is 10.7. The molecule has 3 aromatic carbocycles. The standard InChI is InChI=1S/C27H28N2O2S2/c1-5-22-11-9-10-21(4)26(22)29-27(32-18-23-16-19(2)14-15-20(23)3)25(17-28)33(30,31)24-12-7-6-8-13-24/h6-16,29H,5,18H2,1-4H3. The molecule has 0 aliphatic heterocycles. The molecule has 0 atom stereocenters. The zero-order chi connectivity index (χ0) is 24.0. The average Bonchev–Trinajstić information content (AvgIpc) is 2.81. The normalized spacial score (nSPS) is 12.1. The van der Waals surface area contributed by atoms with Crippen LogP contribution < -0.4 is 5.32 Å². The van der Waals surface area contributed by atoms with Gasteiger partial charge in [-0.05, 0) is 61.6 Å². The number of hydrogen-bond acceptors (Lipinski definition) is 5. The molecule has 0 heterocycles. The van der Waals surface area contributed by atoms with Crippen LogP contribution in [0.15, 0.2) is 81.6 Å². The highest BCUT2D eigenvalue weighted by Gasteiger charge is 2.26. The molecule has 0 aliphatic rings. The van der Waals surface area contributed by atoms with Crippen molar-refractivity contribution in [2.75, 3.05) is 5.32 Å². The van der Waals surface area contributed by atoms with Crippen molar-refractivity contribution in [2.24, 2.45) is 0 Å². The first-order valence-electron chi connectivity index (χ1n) is 10.8. The first-order valence-corrected chi connectivity index (χ1v) is 13.2. The minimum Gasteiger partial charge on any atom is -0.348 e. The molecule has 0 unspecified atom stereocenters. The highest BCUT2D eigenvalue weighted by atomic mass is 32.2. The Hall–Kier alpha value is -3.01. The third kappa shape index (κ3) is 5.68. The zero-order valence-electron chi connectivity index (χ0n) is 19.3. The topological polar surface area (TPSA) is 70.0 Å². The van der Waals surface area contributed by atoms with E-state index in [1.165, 1.54) is 23.9 Å². The lowest BCUT2D eigenvalue weighted by molar-refractivity contribution is 0.603. The highest BCUT2D eigenvalue weighted by molar-refractivity contribution is 8.04. The Balaban J connectivity index is 2.13. The van der Waals surface area contributed by atoms with Crippen LogP contribution in [0.4, 0.5) is 5.69 Å². The van der Waals surface area contributed by atoms with Gasteiger partial charge in [0, 0.05) is 11.4 Å². The third-order valence-electron chi connectivity index (χ3n) is 5.49. The van der Waals surface area contributed by atoms with Gasteiger partial charge in [0.1, 0.15) is 11.1 Å². The zero-order valence-corrected chi connectivity index (χ0v) is 21.0. The van der Waals surface area contributed by atoms with E-state index in [1.54, 1.807) is 18.2 Å². The maximum absolute atomic E-state index is 13.4. The summed E-state index contributed by atoms with van der Waals surface area (Å²) in [6.07, 6.45) is 0.784. The van der Waals surface area contributed by atoms with Crippen molar-refractivity contribution in [1.82, 2.24) is 0 Å². The van der Waals surface area contributed by atoms with Gasteiger partial charge in [0.15, 0.2) is 4.91 Å². The molecular formula is C27H28N2O2S2. The Kier molecular flexibility index (Phi) is 8.01. The Morgan fingerprint density at radius 3 is 2.33 bits per heavy atom. The van der Waals surface area contributed by atoms with Gasteiger partial charge in [-0.15, -0.1) is 11.8 Å². The molecule has 0 bridgehead atoms. The predicted octanol–water partition coefficient (Wildman–Crippen LogP) is 6.69. The van der Waals surface area contributed by atoms with Crippen LogP contribution in [-0.4, -0.2) is 8.42 Å². The van der Waals surface area contributed by atoms with Gasteiger partial charge in [0.05, 0.1) is 4.90 Å². The van der Waals surface area contributed by atoms with E-state index < -0.39 is 9.84 Å². The van der Waals surface area contributed by atoms with E-state index in [2.05, 4.69) is 30.4 Å². The molecule has 0 aromatic heterocycles. The molecule has 33 heavy (non-hydrogen) atoms. The number of aryl methyl sites for hydroxylation is 4. The van der Waals surface area contributed by atoms with E-state index in [1.807, 2.05) is 45.0 Å². The number of sulfone groups is 1. The van der Waals surface area contributed by atoms with Crippen molar-refractivity contribution in [3.63, 3.8) is 0 Å². The summed E-state index contributed by atoms with van der Waals surface area (Å²) >= 11 is 1.34. The largest absolute Gasteiger partial charge is 0.348 e. The Bertz CT molecular complexity index is 1320. The quantitative estimate of drug-likeness (QED) is 0.367. The molecule has 3 rings (SSSR count). The maximum Gasteiger partial charge on any atom is 0.219 e. The number of nitriles is 1. The molecule has 6 heteroatoms. The van der Waals surface area contributed by atoms with E-state index >= 15 is 0 Å². The Morgan fingerprint density at radius 1 is 0.939 bits per heavy atom. The number of nitrogens with zero attached hydrogens (tertiary/aromatic N) is 1. The molecule has 0 spiro atoms. The summed E-state index contributed by atoms with van der Waals surface area (Å²) < 4.78 is 26.9. The van der Waals surface area contributed by atoms with Crippen molar-refractivity contribution in [3.05, 3.63) is 104 Å². The second-order valence-corrected chi connectivity index (χ2v) is 10.8. The second-order valence-electron chi connectivity index (χ2n) is 7.89. The Morgan fingerprint density at radius 2 is 1.67 bits per heavy atom. The number of para-hydroxylation sites is 1. The van der Waals surface area contributed by atoms with Crippen LogP contribution in [0.5, 0.6) is 0 Å². The molecule has 1 N–H and O–H groups in total. The fourth-order valence-electron chi connectivity index (χ4n) is 3.53. The van der Waals surface area contributed by atoms with Crippen LogP contribution in [-0.2, 0) is 22.0 Å². The third-order valence-corrected chi connectivity index (χ3v) is 8.39. The minimum atomic E-state index is -3.99. The number of rotatable bonds is 8. The van der Waals surface area contributed by atoms with Crippen LogP contribution in [0.3, 0.4) is 0 Å². The lowest BCUT2D eigenvalue weighted by Crippen LogP contribution is -2.11. The minimum absolute atomic E-state index is 0.105. The first-order chi connectivity index (χ1) is 15.8. The van der Waals surface area contributed by atoms with E-state index in [-0.39, 0.29) is 9.80 Å². The molecule has 0 saturated heterocycles. The van der Waals surface area contributed by atoms with Crippen molar-refractivity contribution >= 4 is 27.3 Å². The van der Waals surface area contributed by atoms with Gasteiger partial charge >= 0.3 is 0 Å². The fourth-order valence-corrected chi connectivity index (χ4v) is 6.16. The van der Waals surface area contributed by atoms with Crippen molar-refractivity contribution in [1.29, 1.82) is 5.26 Å². The number of anilines is 1. The summed E-state index contributed by atoms with van der Waals surface area (Å²) in [5, 5.41) is 13.7. The van der Waals surface area contributed by atoms with Crippen LogP contribution in [0.2, 0.25) is 0 Å². The molecule has 0 radical (unpaired) electrons. The van der Waals surface area contributed by atoms with Gasteiger partial charge in [-0.2, -0.15) is 5.26 Å². The van der Waals surface area contributed by atoms with Gasteiger partial charge in [-0.1, -0.05) is 67.1 Å². The molecule has 0 fully saturated rings. The van der Waals surface area contributed by atoms with Gasteiger partial charge in [-0.25, -0.2) is 8.42 Å². The van der Waals surface area contributed by atoms with Gasteiger partial charge in [-0.3, -0.25) is 0 Å². The molecule has 4 nitrogen and oxygen atoms in total. The van der Waals surface area contributed by atoms with E-state index in [0.717, 1.165) is 39.9 Å². The Labute approximate surface area is 201 Å². The molecule has 3 aromatic rings. The van der Waals surface area contributed by atoms with E-state index in [0.29, 0.717) is 10.8 Å². The smallest absolute Gasteiger partial charge is 0.219 e. The van der Waals surface area contributed by atoms with Gasteiger partial charge < -0.3 is 5.32 Å². The van der Waals surface area contributed by atoms with Crippen LogP contribution in [0.25, 0.3) is 0 Å². The molecule has 0 aliphatic carbocycles. The summed E-state index contributed by atoms with van der Waals surface area (Å²) in [7, 11) is -3.99. The summed E-state index contributed by atoms with van der Waals surface area (Å²) in [6, 6.07) is 22.3. The monoisotopic (exact) mass is 476 g/mol. The highest BCUT2D eigenvalue weighted by Crippen LogP contribution is 2.34. The van der Waals surface area contributed by atoms with Crippen LogP contribution >= 0.6 is 11.8 Å². The van der Waals surface area contributed by atoms with E-state index in [4.69, 9.17) is 0 Å². The van der Waals surface area contributed by atoms with Gasteiger partial charge in [0.2, 0.25) is 9.84 Å². The van der Waals surface area contributed by atoms with Gasteiger partial charge in [0.25, 0.3) is 0 Å². The number of nitrogens with one attached hydrogen (secondary N) is 1. The predicted molar refractivity (Wildman–Crippen MR) is 138 cm³/mol. The number of hydrogen-bond donors (Lipinski definition) is 1. The average molecular weight is 477 g/mol. The summed E-state index contributed by atoms with van der Waals surface area (Å²) in [5.41, 5.74) is 6.28. The maximum atomic E-state index is 13.4. The lowest BCUT2D eigenvalue weighted by Gasteiger charge is -2.18. The van der Waals surface area contributed by atoms with E-state index in [9.17, 15) is 13.7 Å². The van der Waals surface area contributed by atoms with Crippen LogP contribution in [0, 0.1) is 32.1 Å². The van der Waals surface area contributed by atoms with Crippen molar-refractivity contribution < 1.29 is 8.42 Å². The van der Waals surface area contributed by atoms with Crippen molar-refractivity contribution in [2.45, 2.75) is 44.8 Å². The number of allylic oxidation sites excluding steroid dienone is 1. The van der Waals surface area contributed by atoms with Crippen molar-refractivity contribution in [3.8, 4) is 6.07 Å². The lowest BCUT2D eigenvalue weighted by atomic mass is 10.1. The molecule has 170 valence electrons. The molecule has 0 saturated carbocycles. The first kappa shape index (κ1) is 24.6. The molecular weight excluding hydrogens is 448 g/mol. The molecule has 0 amide bonds. The summed E-state index contributed by atoms with van der Waals surface area (Å²) in [4.78, 5) is -0.164. The number of benzene rings is 3. The summed E-state index contributed by atoms with van der Waals surface area (Å²) in [6.45, 7) is 8.10. The SMILES string of the molecule is CCc1cccc(C)c1NC(SCc1cc(C)ccc1C)=C(C#N)S(=O)(=O)c1ccccc1. The van der Waals surface area contributed by atoms with Crippen LogP contribution in [0.1, 0.15) is 34.7 Å². The summed E-state index contributed by atoms with van der Waals surface area (Å²) in [5.74, 6) is 0.540. The fraction of sp³-hybridized carbons (Fsp3) is 0.222.